The predicted octanol–water partition coefficient (Wildman–Crippen LogP) is 4.40. The van der Waals surface area contributed by atoms with Crippen LogP contribution in [0.4, 0.5) is 0 Å². The number of rotatable bonds is 6. The number of carbonyl (C=O) groups is 1. The van der Waals surface area contributed by atoms with Gasteiger partial charge in [0, 0.05) is 5.02 Å². The van der Waals surface area contributed by atoms with Crippen LogP contribution >= 0.6 is 43.5 Å². The number of amides is 1. The minimum Gasteiger partial charge on any atom is -0.496 e. The number of ether oxygens (including phenoxy) is 2. The zero-order chi connectivity index (χ0) is 17.5. The molecule has 2 rings (SSSR count). The van der Waals surface area contributed by atoms with E-state index in [2.05, 4.69) is 42.4 Å². The van der Waals surface area contributed by atoms with E-state index >= 15 is 0 Å². The number of benzene rings is 2. The van der Waals surface area contributed by atoms with Gasteiger partial charge in [-0.15, -0.1) is 0 Å². The number of hydrogen-bond donors (Lipinski definition) is 1. The van der Waals surface area contributed by atoms with E-state index in [0.717, 1.165) is 15.8 Å². The Morgan fingerprint density at radius 2 is 1.92 bits per heavy atom. The highest BCUT2D eigenvalue weighted by Crippen LogP contribution is 2.28. The van der Waals surface area contributed by atoms with Gasteiger partial charge in [-0.3, -0.25) is 4.79 Å². The maximum Gasteiger partial charge on any atom is 0.277 e. The molecule has 0 fully saturated rings. The molecule has 0 unspecified atom stereocenters. The van der Waals surface area contributed by atoms with E-state index in [1.54, 1.807) is 31.4 Å². The van der Waals surface area contributed by atoms with Gasteiger partial charge in [0.25, 0.3) is 5.91 Å². The molecule has 0 aliphatic carbocycles. The fourth-order valence-corrected chi connectivity index (χ4v) is 3.07. The van der Waals surface area contributed by atoms with Gasteiger partial charge in [0.05, 0.1) is 22.3 Å². The largest absolute Gasteiger partial charge is 0.496 e. The quantitative estimate of drug-likeness (QED) is 0.497. The molecule has 1 amide bonds. The van der Waals surface area contributed by atoms with Crippen molar-refractivity contribution in [3.63, 3.8) is 0 Å². The first-order chi connectivity index (χ1) is 11.5. The topological polar surface area (TPSA) is 59.9 Å². The summed E-state index contributed by atoms with van der Waals surface area (Å²) in [6.07, 6.45) is 1.53. The van der Waals surface area contributed by atoms with E-state index < -0.39 is 0 Å². The van der Waals surface area contributed by atoms with Gasteiger partial charge in [-0.2, -0.15) is 5.10 Å². The second-order valence-electron chi connectivity index (χ2n) is 4.55. The maximum absolute atomic E-state index is 11.7. The Morgan fingerprint density at radius 3 is 2.58 bits per heavy atom. The fraction of sp³-hybridized carbons (Fsp3) is 0.125. The standard InChI is InChI=1S/C16H13Br2ClN2O3/c1-23-14-4-2-10(6-12(14)17)8-20-21-16(22)9-24-15-5-3-11(19)7-13(15)18/h2-8H,9H2,1H3,(H,21,22). The molecule has 8 heteroatoms. The predicted molar refractivity (Wildman–Crippen MR) is 101 cm³/mol. The average molecular weight is 477 g/mol. The van der Waals surface area contributed by atoms with Gasteiger partial charge in [0.15, 0.2) is 6.61 Å². The third-order valence-electron chi connectivity index (χ3n) is 2.83. The van der Waals surface area contributed by atoms with Crippen molar-refractivity contribution in [3.05, 3.63) is 55.9 Å². The Morgan fingerprint density at radius 1 is 1.21 bits per heavy atom. The Hall–Kier alpha value is -1.57. The minimum atomic E-state index is -0.374. The number of hydrogen-bond acceptors (Lipinski definition) is 4. The molecule has 0 saturated heterocycles. The third-order valence-corrected chi connectivity index (χ3v) is 4.31. The summed E-state index contributed by atoms with van der Waals surface area (Å²) in [5.41, 5.74) is 3.21. The van der Waals surface area contributed by atoms with E-state index in [1.807, 2.05) is 12.1 Å². The number of nitrogens with one attached hydrogen (secondary N) is 1. The Labute approximate surface area is 161 Å². The van der Waals surface area contributed by atoms with Crippen molar-refractivity contribution in [2.45, 2.75) is 0 Å². The van der Waals surface area contributed by atoms with E-state index in [4.69, 9.17) is 21.1 Å². The van der Waals surface area contributed by atoms with Gasteiger partial charge in [-0.05, 0) is 73.8 Å². The Kier molecular flexibility index (Phi) is 7.08. The van der Waals surface area contributed by atoms with Crippen molar-refractivity contribution in [2.75, 3.05) is 13.7 Å². The number of methoxy groups -OCH3 is 1. The summed E-state index contributed by atoms with van der Waals surface area (Å²) in [7, 11) is 1.59. The van der Waals surface area contributed by atoms with Crippen LogP contribution in [0.3, 0.4) is 0 Å². The van der Waals surface area contributed by atoms with E-state index in [1.165, 1.54) is 6.21 Å². The van der Waals surface area contributed by atoms with Crippen LogP contribution in [0.15, 0.2) is 50.4 Å². The minimum absolute atomic E-state index is 0.163. The van der Waals surface area contributed by atoms with Crippen LogP contribution in [0.5, 0.6) is 11.5 Å². The van der Waals surface area contributed by atoms with Crippen LogP contribution < -0.4 is 14.9 Å². The summed E-state index contributed by atoms with van der Waals surface area (Å²) in [4.78, 5) is 11.7. The molecule has 0 heterocycles. The molecular formula is C16H13Br2ClN2O3. The molecule has 0 aliphatic rings. The normalized spacial score (nSPS) is 10.7. The molecule has 0 saturated carbocycles. The summed E-state index contributed by atoms with van der Waals surface area (Å²) in [6.45, 7) is -0.163. The van der Waals surface area contributed by atoms with Crippen LogP contribution in [0.1, 0.15) is 5.56 Å². The first-order valence-corrected chi connectivity index (χ1v) is 8.69. The van der Waals surface area contributed by atoms with Gasteiger partial charge >= 0.3 is 0 Å². The van der Waals surface area contributed by atoms with E-state index in [9.17, 15) is 4.79 Å². The molecule has 0 bridgehead atoms. The van der Waals surface area contributed by atoms with Gasteiger partial charge in [-0.1, -0.05) is 11.6 Å². The summed E-state index contributed by atoms with van der Waals surface area (Å²) in [5.74, 6) is 0.872. The first kappa shape index (κ1) is 18.8. The van der Waals surface area contributed by atoms with Crippen LogP contribution in [0.2, 0.25) is 5.02 Å². The molecule has 0 radical (unpaired) electrons. The van der Waals surface area contributed by atoms with Gasteiger partial charge in [0.1, 0.15) is 11.5 Å². The molecule has 1 N–H and O–H groups in total. The molecule has 126 valence electrons. The lowest BCUT2D eigenvalue weighted by Gasteiger charge is -2.07. The Bertz CT molecular complexity index is 769. The van der Waals surface area contributed by atoms with Crippen molar-refractivity contribution in [1.29, 1.82) is 0 Å². The molecule has 0 atom stereocenters. The average Bonchev–Trinajstić information content (AvgIpc) is 2.54. The second-order valence-corrected chi connectivity index (χ2v) is 6.70. The zero-order valence-electron chi connectivity index (χ0n) is 12.6. The summed E-state index contributed by atoms with van der Waals surface area (Å²) in [5, 5.41) is 4.47. The fourth-order valence-electron chi connectivity index (χ4n) is 1.71. The highest BCUT2D eigenvalue weighted by Gasteiger charge is 2.05. The van der Waals surface area contributed by atoms with Crippen LogP contribution in [-0.2, 0) is 4.79 Å². The maximum atomic E-state index is 11.7. The van der Waals surface area contributed by atoms with Crippen LogP contribution in [-0.4, -0.2) is 25.8 Å². The number of carbonyl (C=O) groups excluding carboxylic acids is 1. The molecule has 0 aromatic heterocycles. The van der Waals surface area contributed by atoms with E-state index in [0.29, 0.717) is 15.2 Å². The molecule has 5 nitrogen and oxygen atoms in total. The van der Waals surface area contributed by atoms with Crippen molar-refractivity contribution >= 4 is 55.6 Å². The molecule has 0 spiro atoms. The lowest BCUT2D eigenvalue weighted by atomic mass is 10.2. The van der Waals surface area contributed by atoms with Crippen LogP contribution in [0.25, 0.3) is 0 Å². The van der Waals surface area contributed by atoms with Gasteiger partial charge in [0.2, 0.25) is 0 Å². The van der Waals surface area contributed by atoms with Crippen molar-refractivity contribution in [2.24, 2.45) is 5.10 Å². The highest BCUT2D eigenvalue weighted by molar-refractivity contribution is 9.10. The summed E-state index contributed by atoms with van der Waals surface area (Å²) in [6, 6.07) is 10.5. The SMILES string of the molecule is COc1ccc(C=NNC(=O)COc2ccc(Cl)cc2Br)cc1Br. The second kappa shape index (κ2) is 9.05. The monoisotopic (exact) mass is 474 g/mol. The number of halogens is 3. The van der Waals surface area contributed by atoms with Crippen LogP contribution in [0, 0.1) is 0 Å². The van der Waals surface area contributed by atoms with Crippen molar-refractivity contribution in [1.82, 2.24) is 5.43 Å². The zero-order valence-corrected chi connectivity index (χ0v) is 16.5. The molecule has 0 aliphatic heterocycles. The third kappa shape index (κ3) is 5.51. The molecule has 2 aromatic rings. The van der Waals surface area contributed by atoms with Crippen molar-refractivity contribution < 1.29 is 14.3 Å². The first-order valence-electron chi connectivity index (χ1n) is 6.73. The summed E-state index contributed by atoms with van der Waals surface area (Å²) >= 11 is 12.5. The van der Waals surface area contributed by atoms with Crippen molar-refractivity contribution in [3.8, 4) is 11.5 Å². The molecule has 24 heavy (non-hydrogen) atoms. The molecule has 2 aromatic carbocycles. The van der Waals surface area contributed by atoms with E-state index in [-0.39, 0.29) is 12.5 Å². The smallest absolute Gasteiger partial charge is 0.277 e. The summed E-state index contributed by atoms with van der Waals surface area (Å²) < 4.78 is 12.0. The number of nitrogens with zero attached hydrogens (tertiary/aromatic N) is 1. The molecular weight excluding hydrogens is 463 g/mol. The highest BCUT2D eigenvalue weighted by atomic mass is 79.9. The lowest BCUT2D eigenvalue weighted by Crippen LogP contribution is -2.24. The van der Waals surface area contributed by atoms with Gasteiger partial charge < -0.3 is 9.47 Å². The van der Waals surface area contributed by atoms with Gasteiger partial charge in [-0.25, -0.2) is 5.43 Å². The Balaban J connectivity index is 1.85. The lowest BCUT2D eigenvalue weighted by molar-refractivity contribution is -0.123. The number of hydrazone groups is 1.